The van der Waals surface area contributed by atoms with Crippen LogP contribution in [0.3, 0.4) is 0 Å². The number of amides is 1. The van der Waals surface area contributed by atoms with Gasteiger partial charge in [0.25, 0.3) is 0 Å². The topological polar surface area (TPSA) is 85.9 Å². The van der Waals surface area contributed by atoms with E-state index >= 15 is 0 Å². The van der Waals surface area contributed by atoms with Gasteiger partial charge >= 0.3 is 12.3 Å². The number of methoxy groups -OCH3 is 1. The lowest BCUT2D eigenvalue weighted by molar-refractivity contribution is -0.138. The molecule has 6 nitrogen and oxygen atoms in total. The van der Waals surface area contributed by atoms with E-state index in [9.17, 15) is 18.0 Å². The summed E-state index contributed by atoms with van der Waals surface area (Å²) in [7, 11) is 1.13. The molecule has 0 saturated heterocycles. The highest BCUT2D eigenvalue weighted by Gasteiger charge is 2.34. The van der Waals surface area contributed by atoms with E-state index in [0.717, 1.165) is 19.2 Å². The fourth-order valence-corrected chi connectivity index (χ4v) is 1.42. The Morgan fingerprint density at radius 3 is 2.67 bits per heavy atom. The van der Waals surface area contributed by atoms with Gasteiger partial charge in [-0.3, -0.25) is 5.32 Å². The van der Waals surface area contributed by atoms with E-state index in [1.807, 2.05) is 5.32 Å². The smallest absolute Gasteiger partial charge is 0.419 e. The second-order valence-corrected chi connectivity index (χ2v) is 3.87. The minimum Gasteiger partial charge on any atom is -0.496 e. The fourth-order valence-electron chi connectivity index (χ4n) is 1.38. The summed E-state index contributed by atoms with van der Waals surface area (Å²) in [5, 5.41) is 1.95. The van der Waals surface area contributed by atoms with Crippen molar-refractivity contribution in [3.8, 4) is 5.75 Å². The average molecular weight is 326 g/mol. The number of nitrogens with one attached hydrogen (secondary N) is 1. The molecule has 0 unspecified atom stereocenters. The summed E-state index contributed by atoms with van der Waals surface area (Å²) in [5.41, 5.74) is 4.26. The third kappa shape index (κ3) is 5.03. The van der Waals surface area contributed by atoms with Crippen LogP contribution in [0.2, 0.25) is 0 Å². The van der Waals surface area contributed by atoms with Crippen LogP contribution in [0.1, 0.15) is 11.1 Å². The van der Waals surface area contributed by atoms with Crippen molar-refractivity contribution in [2.24, 2.45) is 10.2 Å². The highest BCUT2D eigenvalue weighted by molar-refractivity contribution is 6.20. The first-order valence-electron chi connectivity index (χ1n) is 5.40. The van der Waals surface area contributed by atoms with E-state index in [-0.39, 0.29) is 11.3 Å². The number of ether oxygens (including phenoxy) is 2. The van der Waals surface area contributed by atoms with E-state index in [2.05, 4.69) is 14.0 Å². The van der Waals surface area contributed by atoms with Crippen molar-refractivity contribution in [3.05, 3.63) is 29.3 Å². The normalized spacial score (nSPS) is 12.0. The Bertz CT molecular complexity index is 549. The highest BCUT2D eigenvalue weighted by Crippen LogP contribution is 2.36. The van der Waals surface area contributed by atoms with Crippen molar-refractivity contribution in [2.45, 2.75) is 12.8 Å². The van der Waals surface area contributed by atoms with E-state index in [1.165, 1.54) is 6.07 Å². The number of hydrogen-bond donors (Lipinski definition) is 2. The summed E-state index contributed by atoms with van der Waals surface area (Å²) in [5.74, 6) is -0.721. The Morgan fingerprint density at radius 2 is 2.14 bits per heavy atom. The molecule has 0 aliphatic rings. The average Bonchev–Trinajstić information content (AvgIpc) is 2.43. The van der Waals surface area contributed by atoms with Gasteiger partial charge in [-0.2, -0.15) is 13.2 Å². The minimum absolute atomic E-state index is 0.125. The molecule has 10 heteroatoms. The van der Waals surface area contributed by atoms with Gasteiger partial charge in [0, 0.05) is 11.8 Å². The lowest BCUT2D eigenvalue weighted by Crippen LogP contribution is -2.36. The van der Waals surface area contributed by atoms with Crippen LogP contribution in [0.4, 0.5) is 18.0 Å². The summed E-state index contributed by atoms with van der Waals surface area (Å²) in [6.45, 7) is -0.394. The quantitative estimate of drug-likeness (QED) is 0.660. The number of guanidine groups is 1. The largest absolute Gasteiger partial charge is 0.496 e. The summed E-state index contributed by atoms with van der Waals surface area (Å²) in [6, 6.07) is 3.29. The number of nitrogens with two attached hydrogens (primary N) is 1. The molecule has 0 spiro atoms. The first kappa shape index (κ1) is 16.9. The summed E-state index contributed by atoms with van der Waals surface area (Å²) in [4.78, 5) is 11.2. The number of benzene rings is 1. The van der Waals surface area contributed by atoms with Gasteiger partial charge in [-0.15, -0.1) is 4.51 Å². The molecule has 0 aromatic heterocycles. The molecule has 1 aromatic carbocycles. The molecular weight excluding hydrogens is 315 g/mol. The minimum atomic E-state index is -4.58. The first-order valence-corrected chi connectivity index (χ1v) is 5.74. The number of halogens is 4. The van der Waals surface area contributed by atoms with Crippen molar-refractivity contribution in [2.75, 3.05) is 7.11 Å². The maximum absolute atomic E-state index is 12.8. The third-order valence-corrected chi connectivity index (χ3v) is 2.44. The Kier molecular flexibility index (Phi) is 5.65. The Hall–Kier alpha value is -2.16. The third-order valence-electron chi connectivity index (χ3n) is 2.26. The monoisotopic (exact) mass is 325 g/mol. The van der Waals surface area contributed by atoms with Gasteiger partial charge in [0.05, 0.1) is 12.7 Å². The van der Waals surface area contributed by atoms with Gasteiger partial charge < -0.3 is 15.2 Å². The number of carbonyl (C=O) groups is 1. The van der Waals surface area contributed by atoms with Crippen LogP contribution >= 0.6 is 11.8 Å². The van der Waals surface area contributed by atoms with E-state index in [0.29, 0.717) is 0 Å². The van der Waals surface area contributed by atoms with Crippen LogP contribution < -0.4 is 15.8 Å². The lowest BCUT2D eigenvalue weighted by atomic mass is 10.1. The van der Waals surface area contributed by atoms with Crippen molar-refractivity contribution < 1.29 is 27.4 Å². The van der Waals surface area contributed by atoms with Gasteiger partial charge in [0.1, 0.15) is 12.4 Å². The van der Waals surface area contributed by atoms with Crippen LogP contribution in [0.15, 0.2) is 22.7 Å². The maximum Gasteiger partial charge on any atom is 0.419 e. The molecule has 0 fully saturated rings. The Labute approximate surface area is 122 Å². The summed E-state index contributed by atoms with van der Waals surface area (Å²) in [6.07, 6.45) is -5.58. The summed E-state index contributed by atoms with van der Waals surface area (Å²) < 4.78 is 50.6. The molecule has 3 N–H and O–H groups in total. The number of rotatable bonds is 3. The molecule has 1 rings (SSSR count). The number of alkyl halides is 3. The lowest BCUT2D eigenvalue weighted by Gasteiger charge is -2.13. The zero-order valence-corrected chi connectivity index (χ0v) is 11.5. The van der Waals surface area contributed by atoms with E-state index in [4.69, 9.17) is 17.5 Å². The molecule has 116 valence electrons. The van der Waals surface area contributed by atoms with Gasteiger partial charge in [0.15, 0.2) is 0 Å². The zero-order valence-electron chi connectivity index (χ0n) is 10.7. The molecule has 21 heavy (non-hydrogen) atoms. The predicted molar refractivity (Wildman–Crippen MR) is 68.8 cm³/mol. The molecule has 0 aliphatic heterocycles. The Morgan fingerprint density at radius 1 is 1.48 bits per heavy atom. The molecule has 0 heterocycles. The second kappa shape index (κ2) is 7.02. The van der Waals surface area contributed by atoms with Crippen LogP contribution in [-0.4, -0.2) is 19.2 Å². The van der Waals surface area contributed by atoms with Gasteiger partial charge in [-0.25, -0.2) is 4.79 Å². The van der Waals surface area contributed by atoms with Crippen molar-refractivity contribution in [1.82, 2.24) is 5.32 Å². The van der Waals surface area contributed by atoms with Gasteiger partial charge in [0.2, 0.25) is 5.96 Å². The number of alkyl carbamates (subject to hydrolysis) is 1. The Balaban J connectivity index is 2.79. The van der Waals surface area contributed by atoms with Crippen molar-refractivity contribution >= 4 is 23.8 Å². The number of nitrogens with zero attached hydrogens (tertiary/aromatic N) is 1. The molecule has 0 radical (unpaired) electrons. The molecule has 1 amide bonds. The van der Waals surface area contributed by atoms with Crippen LogP contribution in [-0.2, 0) is 17.5 Å². The van der Waals surface area contributed by atoms with Crippen LogP contribution in [0, 0.1) is 0 Å². The standard InChI is InChI=1S/C11H11ClF3N3O3/c1-20-8-3-2-6(4-7(8)11(13,14)15)5-21-10(19)17-9(16)18-12/h2-4H,5H2,1H3,(H3,16,17,18,19). The van der Waals surface area contributed by atoms with E-state index < -0.39 is 30.4 Å². The van der Waals surface area contributed by atoms with Crippen molar-refractivity contribution in [1.29, 1.82) is 0 Å². The maximum atomic E-state index is 12.8. The highest BCUT2D eigenvalue weighted by atomic mass is 35.5. The van der Waals surface area contributed by atoms with Gasteiger partial charge in [-0.05, 0) is 17.7 Å². The number of carbonyl (C=O) groups excluding carboxylic acids is 1. The van der Waals surface area contributed by atoms with Crippen LogP contribution in [0.25, 0.3) is 0 Å². The zero-order chi connectivity index (χ0) is 16.0. The molecule has 0 atom stereocenters. The second-order valence-electron chi connectivity index (χ2n) is 3.70. The predicted octanol–water partition coefficient (Wildman–Crippen LogP) is 2.41. The number of hydrogen-bond acceptors (Lipinski definition) is 4. The first-order chi connectivity index (χ1) is 9.77. The molecular formula is C11H11ClF3N3O3. The molecule has 0 saturated carbocycles. The fraction of sp³-hybridized carbons (Fsp3) is 0.273. The molecule has 0 bridgehead atoms. The SMILES string of the molecule is COc1ccc(COC(=O)NC(N)=NCl)cc1C(F)(F)F. The summed E-state index contributed by atoms with van der Waals surface area (Å²) >= 11 is 4.97. The van der Waals surface area contributed by atoms with Crippen LogP contribution in [0.5, 0.6) is 5.75 Å². The molecule has 0 aliphatic carbocycles. The van der Waals surface area contributed by atoms with Gasteiger partial charge in [-0.1, -0.05) is 6.07 Å². The van der Waals surface area contributed by atoms with E-state index in [1.54, 1.807) is 0 Å². The van der Waals surface area contributed by atoms with Crippen molar-refractivity contribution in [3.63, 3.8) is 0 Å². The molecule has 1 aromatic rings.